The Labute approximate surface area is 192 Å². The molecule has 1 N–H and O–H groups in total. The zero-order valence-electron chi connectivity index (χ0n) is 19.0. The highest BCUT2D eigenvalue weighted by Gasteiger charge is 2.22. The number of ether oxygens (including phenoxy) is 1. The van der Waals surface area contributed by atoms with Crippen molar-refractivity contribution in [3.63, 3.8) is 0 Å². The van der Waals surface area contributed by atoms with Gasteiger partial charge in [0.1, 0.15) is 5.56 Å². The lowest BCUT2D eigenvalue weighted by molar-refractivity contribution is -0.116. The molecular weight excluding hydrogens is 416 g/mol. The molecule has 0 atom stereocenters. The van der Waals surface area contributed by atoms with Gasteiger partial charge < -0.3 is 10.1 Å². The highest BCUT2D eigenvalue weighted by molar-refractivity contribution is 6.00. The van der Waals surface area contributed by atoms with Gasteiger partial charge in [-0.15, -0.1) is 0 Å². The minimum atomic E-state index is -0.546. The average molecular weight is 443 g/mol. The van der Waals surface area contributed by atoms with Crippen LogP contribution in [0.5, 0.6) is 0 Å². The van der Waals surface area contributed by atoms with E-state index in [0.29, 0.717) is 12.2 Å². The first-order valence-electron chi connectivity index (χ1n) is 10.9. The molecular formula is C26H26N4O3. The van der Waals surface area contributed by atoms with Gasteiger partial charge in [-0.2, -0.15) is 9.78 Å². The Morgan fingerprint density at radius 2 is 1.82 bits per heavy atom. The second-order valence-electron chi connectivity index (χ2n) is 7.84. The van der Waals surface area contributed by atoms with Crippen LogP contribution in [0.1, 0.15) is 40.4 Å². The van der Waals surface area contributed by atoms with Gasteiger partial charge in [-0.25, -0.2) is 9.78 Å². The number of anilines is 1. The number of benzene rings is 2. The normalized spacial score (nSPS) is 10.9. The van der Waals surface area contributed by atoms with Crippen LogP contribution in [0.3, 0.4) is 0 Å². The van der Waals surface area contributed by atoms with Crippen molar-refractivity contribution >= 4 is 28.6 Å². The van der Waals surface area contributed by atoms with E-state index >= 15 is 0 Å². The summed E-state index contributed by atoms with van der Waals surface area (Å²) in [5.74, 6) is 0.00481. The van der Waals surface area contributed by atoms with E-state index in [0.717, 1.165) is 27.6 Å². The fourth-order valence-electron chi connectivity index (χ4n) is 3.75. The smallest absolute Gasteiger partial charge is 0.343 e. The van der Waals surface area contributed by atoms with E-state index in [1.807, 2.05) is 68.4 Å². The van der Waals surface area contributed by atoms with Gasteiger partial charge >= 0.3 is 5.97 Å². The van der Waals surface area contributed by atoms with Crippen molar-refractivity contribution in [2.45, 2.75) is 33.6 Å². The highest BCUT2D eigenvalue weighted by Crippen LogP contribution is 2.26. The molecule has 2 aromatic carbocycles. The predicted molar refractivity (Wildman–Crippen MR) is 128 cm³/mol. The van der Waals surface area contributed by atoms with Crippen molar-refractivity contribution in [3.8, 4) is 5.82 Å². The van der Waals surface area contributed by atoms with Gasteiger partial charge in [-0.3, -0.25) is 4.79 Å². The van der Waals surface area contributed by atoms with Crippen molar-refractivity contribution in [1.29, 1.82) is 0 Å². The molecule has 0 spiro atoms. The number of para-hydroxylation sites is 1. The first-order valence-corrected chi connectivity index (χ1v) is 10.9. The van der Waals surface area contributed by atoms with E-state index in [2.05, 4.69) is 10.4 Å². The Balaban J connectivity index is 1.70. The number of nitrogens with zero attached hydrogens (tertiary/aromatic N) is 3. The number of hydrogen-bond acceptors (Lipinski definition) is 5. The molecule has 2 aromatic heterocycles. The Hall–Kier alpha value is -4.00. The number of hydrogen-bond donors (Lipinski definition) is 1. The van der Waals surface area contributed by atoms with Gasteiger partial charge in [-0.1, -0.05) is 48.5 Å². The SMILES string of the molecule is CCOC(=O)c1cnn(-c2cc(C)c3cccc(C)c3n2)c1NC(=O)CCc1ccccc1. The van der Waals surface area contributed by atoms with Crippen LogP contribution < -0.4 is 5.32 Å². The molecule has 0 aliphatic rings. The Morgan fingerprint density at radius 3 is 2.58 bits per heavy atom. The molecule has 0 aliphatic heterocycles. The summed E-state index contributed by atoms with van der Waals surface area (Å²) in [4.78, 5) is 30.1. The van der Waals surface area contributed by atoms with Crippen LogP contribution in [-0.4, -0.2) is 33.2 Å². The van der Waals surface area contributed by atoms with Crippen molar-refractivity contribution in [2.24, 2.45) is 0 Å². The largest absolute Gasteiger partial charge is 0.462 e. The molecule has 0 unspecified atom stereocenters. The predicted octanol–water partition coefficient (Wildman–Crippen LogP) is 4.79. The number of amides is 1. The third-order valence-corrected chi connectivity index (χ3v) is 5.46. The summed E-state index contributed by atoms with van der Waals surface area (Å²) >= 11 is 0. The van der Waals surface area contributed by atoms with Crippen LogP contribution in [0.4, 0.5) is 5.82 Å². The summed E-state index contributed by atoms with van der Waals surface area (Å²) in [5, 5.41) is 8.29. The number of nitrogens with one attached hydrogen (secondary N) is 1. The first-order chi connectivity index (χ1) is 16.0. The number of aryl methyl sites for hydroxylation is 3. The quantitative estimate of drug-likeness (QED) is 0.416. The van der Waals surface area contributed by atoms with Gasteiger partial charge in [-0.05, 0) is 49.9 Å². The van der Waals surface area contributed by atoms with Crippen molar-refractivity contribution in [3.05, 3.63) is 83.0 Å². The average Bonchev–Trinajstić information content (AvgIpc) is 3.22. The maximum atomic E-state index is 12.8. The minimum Gasteiger partial charge on any atom is -0.462 e. The molecule has 4 rings (SSSR count). The number of carbonyl (C=O) groups excluding carboxylic acids is 2. The maximum absolute atomic E-state index is 12.8. The highest BCUT2D eigenvalue weighted by atomic mass is 16.5. The summed E-state index contributed by atoms with van der Waals surface area (Å²) in [5.41, 5.74) is 4.15. The van der Waals surface area contributed by atoms with E-state index < -0.39 is 5.97 Å². The van der Waals surface area contributed by atoms with Crippen LogP contribution in [-0.2, 0) is 16.0 Å². The molecule has 0 radical (unpaired) electrons. The molecule has 4 aromatic rings. The lowest BCUT2D eigenvalue weighted by atomic mass is 10.1. The van der Waals surface area contributed by atoms with Gasteiger partial charge in [0.05, 0.1) is 18.3 Å². The number of rotatable bonds is 7. The number of pyridine rings is 1. The van der Waals surface area contributed by atoms with Gasteiger partial charge in [0, 0.05) is 11.8 Å². The summed E-state index contributed by atoms with van der Waals surface area (Å²) in [6.07, 6.45) is 2.26. The van der Waals surface area contributed by atoms with E-state index in [4.69, 9.17) is 9.72 Å². The summed E-state index contributed by atoms with van der Waals surface area (Å²) < 4.78 is 6.67. The molecule has 1 amide bonds. The maximum Gasteiger partial charge on any atom is 0.343 e. The van der Waals surface area contributed by atoms with Crippen LogP contribution in [0.25, 0.3) is 16.7 Å². The molecule has 2 heterocycles. The van der Waals surface area contributed by atoms with E-state index in [-0.39, 0.29) is 30.3 Å². The van der Waals surface area contributed by atoms with E-state index in [9.17, 15) is 9.59 Å². The molecule has 33 heavy (non-hydrogen) atoms. The Bertz CT molecular complexity index is 1310. The molecule has 7 heteroatoms. The summed E-state index contributed by atoms with van der Waals surface area (Å²) in [7, 11) is 0. The number of aromatic nitrogens is 3. The lowest BCUT2D eigenvalue weighted by Gasteiger charge is -2.13. The fraction of sp³-hybridized carbons (Fsp3) is 0.231. The lowest BCUT2D eigenvalue weighted by Crippen LogP contribution is -2.18. The molecule has 0 bridgehead atoms. The van der Waals surface area contributed by atoms with Crippen LogP contribution in [0.2, 0.25) is 0 Å². The van der Waals surface area contributed by atoms with Crippen LogP contribution in [0, 0.1) is 13.8 Å². The summed E-state index contributed by atoms with van der Waals surface area (Å²) in [6.45, 7) is 5.95. The van der Waals surface area contributed by atoms with Crippen molar-refractivity contribution in [2.75, 3.05) is 11.9 Å². The monoisotopic (exact) mass is 442 g/mol. The standard InChI is InChI=1S/C26H26N4O3/c1-4-33-26(32)21-16-27-30(22-15-18(3)20-12-8-9-17(2)24(20)28-22)25(21)29-23(31)14-13-19-10-6-5-7-11-19/h5-12,15-16H,4,13-14H2,1-3H3,(H,29,31). The molecule has 0 aliphatic carbocycles. The first kappa shape index (κ1) is 22.2. The number of carbonyl (C=O) groups is 2. The molecule has 0 fully saturated rings. The topological polar surface area (TPSA) is 86.1 Å². The third-order valence-electron chi connectivity index (χ3n) is 5.46. The summed E-state index contributed by atoms with van der Waals surface area (Å²) in [6, 6.07) is 17.7. The van der Waals surface area contributed by atoms with Crippen molar-refractivity contribution < 1.29 is 14.3 Å². The third kappa shape index (κ3) is 4.77. The Morgan fingerprint density at radius 1 is 1.03 bits per heavy atom. The van der Waals surface area contributed by atoms with Gasteiger partial charge in [0.2, 0.25) is 5.91 Å². The zero-order chi connectivity index (χ0) is 23.4. The zero-order valence-corrected chi connectivity index (χ0v) is 19.0. The molecule has 7 nitrogen and oxygen atoms in total. The second-order valence-corrected chi connectivity index (χ2v) is 7.84. The fourth-order valence-corrected chi connectivity index (χ4v) is 3.75. The Kier molecular flexibility index (Phi) is 6.49. The van der Waals surface area contributed by atoms with Gasteiger partial charge in [0.25, 0.3) is 0 Å². The van der Waals surface area contributed by atoms with Crippen molar-refractivity contribution in [1.82, 2.24) is 14.8 Å². The minimum absolute atomic E-state index is 0.189. The van der Waals surface area contributed by atoms with Crippen LogP contribution in [0.15, 0.2) is 60.8 Å². The van der Waals surface area contributed by atoms with Gasteiger partial charge in [0.15, 0.2) is 11.6 Å². The second kappa shape index (κ2) is 9.65. The number of fused-ring (bicyclic) bond motifs is 1. The van der Waals surface area contributed by atoms with Crippen LogP contribution >= 0.6 is 0 Å². The molecule has 168 valence electrons. The molecule has 0 saturated heterocycles. The number of esters is 1. The van der Waals surface area contributed by atoms with E-state index in [1.54, 1.807) is 6.92 Å². The van der Waals surface area contributed by atoms with E-state index in [1.165, 1.54) is 10.9 Å². The molecule has 0 saturated carbocycles.